The average Bonchev–Trinajstić information content (AvgIpc) is 2.47. The molecule has 0 aromatic heterocycles. The molecule has 0 aliphatic carbocycles. The number of nitrogens with zero attached hydrogens (tertiary/aromatic N) is 1. The number of carbonyl (C=O) groups is 1. The van der Waals surface area contributed by atoms with Gasteiger partial charge >= 0.3 is 0 Å². The highest BCUT2D eigenvalue weighted by atomic mass is 32.2. The molecule has 126 valence electrons. The lowest BCUT2D eigenvalue weighted by molar-refractivity contribution is -0.383. The summed E-state index contributed by atoms with van der Waals surface area (Å²) >= 11 is 0. The summed E-state index contributed by atoms with van der Waals surface area (Å²) in [6.45, 7) is 3.79. The SMILES string of the molecule is Cc1ccc(C(=O)c2ccc([N+](=O)[O-])c(NS(C)(=O)=O)c2)cc1C. The number of ketones is 1. The van der Waals surface area contributed by atoms with E-state index in [1.807, 2.05) is 19.9 Å². The maximum absolute atomic E-state index is 12.6. The van der Waals surface area contributed by atoms with Crippen LogP contribution in [0.4, 0.5) is 11.4 Å². The van der Waals surface area contributed by atoms with Crippen LogP contribution in [0.3, 0.4) is 0 Å². The van der Waals surface area contributed by atoms with Gasteiger partial charge in [0.1, 0.15) is 5.69 Å². The van der Waals surface area contributed by atoms with Gasteiger partial charge in [-0.15, -0.1) is 0 Å². The first-order valence-corrected chi connectivity index (χ1v) is 8.86. The topological polar surface area (TPSA) is 106 Å². The third-order valence-corrected chi connectivity index (χ3v) is 4.11. The molecule has 0 unspecified atom stereocenters. The summed E-state index contributed by atoms with van der Waals surface area (Å²) in [6.07, 6.45) is 0.883. The second kappa shape index (κ2) is 6.40. The van der Waals surface area contributed by atoms with Gasteiger partial charge in [-0.05, 0) is 43.2 Å². The smallest absolute Gasteiger partial charge is 0.289 e. The van der Waals surface area contributed by atoms with Crippen molar-refractivity contribution in [2.45, 2.75) is 13.8 Å². The molecule has 0 aliphatic heterocycles. The van der Waals surface area contributed by atoms with Crippen LogP contribution >= 0.6 is 0 Å². The number of benzene rings is 2. The minimum Gasteiger partial charge on any atom is -0.289 e. The number of nitro groups is 1. The number of anilines is 1. The lowest BCUT2D eigenvalue weighted by atomic mass is 9.99. The molecular formula is C16H16N2O5S. The van der Waals surface area contributed by atoms with Crippen LogP contribution in [0.25, 0.3) is 0 Å². The van der Waals surface area contributed by atoms with Crippen LogP contribution in [0.2, 0.25) is 0 Å². The molecule has 24 heavy (non-hydrogen) atoms. The van der Waals surface area contributed by atoms with Crippen molar-refractivity contribution in [3.63, 3.8) is 0 Å². The van der Waals surface area contributed by atoms with Gasteiger partial charge in [-0.3, -0.25) is 19.6 Å². The standard InChI is InChI=1S/C16H16N2O5S/c1-10-4-5-12(8-11(10)2)16(19)13-6-7-15(18(20)21)14(9-13)17-24(3,22)23/h4-9,17H,1-3H3. The van der Waals surface area contributed by atoms with E-state index in [0.717, 1.165) is 23.4 Å². The Morgan fingerprint density at radius 3 is 2.17 bits per heavy atom. The lowest BCUT2D eigenvalue weighted by Crippen LogP contribution is -2.12. The van der Waals surface area contributed by atoms with Gasteiger partial charge in [0.25, 0.3) is 5.69 Å². The Balaban J connectivity index is 2.50. The first-order chi connectivity index (χ1) is 11.1. The number of carbonyl (C=O) groups excluding carboxylic acids is 1. The Morgan fingerprint density at radius 2 is 1.62 bits per heavy atom. The van der Waals surface area contributed by atoms with Gasteiger partial charge < -0.3 is 0 Å². The fraction of sp³-hybridized carbons (Fsp3) is 0.188. The fourth-order valence-electron chi connectivity index (χ4n) is 2.17. The molecule has 0 atom stereocenters. The Hall–Kier alpha value is -2.74. The normalized spacial score (nSPS) is 11.1. The number of nitrogens with one attached hydrogen (secondary N) is 1. The summed E-state index contributed by atoms with van der Waals surface area (Å²) in [7, 11) is -3.72. The van der Waals surface area contributed by atoms with Crippen molar-refractivity contribution >= 4 is 27.2 Å². The van der Waals surface area contributed by atoms with Crippen molar-refractivity contribution in [3.8, 4) is 0 Å². The molecule has 0 saturated heterocycles. The zero-order valence-corrected chi connectivity index (χ0v) is 14.2. The number of nitro benzene ring substituents is 1. The largest absolute Gasteiger partial charge is 0.293 e. The number of aryl methyl sites for hydroxylation is 2. The molecule has 0 spiro atoms. The summed E-state index contributed by atoms with van der Waals surface area (Å²) in [6, 6.07) is 8.80. The molecule has 2 aromatic carbocycles. The quantitative estimate of drug-likeness (QED) is 0.508. The summed E-state index contributed by atoms with van der Waals surface area (Å²) in [5.41, 5.74) is 1.91. The maximum atomic E-state index is 12.6. The molecule has 0 fully saturated rings. The second-order valence-electron chi connectivity index (χ2n) is 5.49. The van der Waals surface area contributed by atoms with Gasteiger partial charge in [-0.2, -0.15) is 0 Å². The highest BCUT2D eigenvalue weighted by Gasteiger charge is 2.20. The molecule has 0 aliphatic rings. The molecule has 1 N–H and O–H groups in total. The molecule has 0 radical (unpaired) electrons. The van der Waals surface area contributed by atoms with Crippen molar-refractivity contribution < 1.29 is 18.1 Å². The molecule has 2 rings (SSSR count). The van der Waals surface area contributed by atoms with Crippen LogP contribution < -0.4 is 4.72 Å². The van der Waals surface area contributed by atoms with Crippen LogP contribution in [0, 0.1) is 24.0 Å². The van der Waals surface area contributed by atoms with Crippen LogP contribution in [-0.2, 0) is 10.0 Å². The Bertz CT molecular complexity index is 935. The van der Waals surface area contributed by atoms with E-state index in [4.69, 9.17) is 0 Å². The van der Waals surface area contributed by atoms with Crippen LogP contribution in [0.5, 0.6) is 0 Å². The van der Waals surface area contributed by atoms with E-state index >= 15 is 0 Å². The molecular weight excluding hydrogens is 332 g/mol. The third kappa shape index (κ3) is 3.96. The highest BCUT2D eigenvalue weighted by molar-refractivity contribution is 7.92. The van der Waals surface area contributed by atoms with Gasteiger partial charge in [-0.25, -0.2) is 8.42 Å². The zero-order chi connectivity index (χ0) is 18.1. The predicted octanol–water partition coefficient (Wildman–Crippen LogP) is 2.81. The van der Waals surface area contributed by atoms with Gasteiger partial charge in [-0.1, -0.05) is 12.1 Å². The van der Waals surface area contributed by atoms with Crippen molar-refractivity contribution in [2.24, 2.45) is 0 Å². The van der Waals surface area contributed by atoms with E-state index in [-0.39, 0.29) is 17.0 Å². The van der Waals surface area contributed by atoms with Gasteiger partial charge in [0, 0.05) is 17.2 Å². The summed E-state index contributed by atoms with van der Waals surface area (Å²) in [5.74, 6) is -0.343. The lowest BCUT2D eigenvalue weighted by Gasteiger charge is -2.08. The van der Waals surface area contributed by atoms with Crippen molar-refractivity contribution in [1.82, 2.24) is 0 Å². The first-order valence-electron chi connectivity index (χ1n) is 6.96. The molecule has 7 nitrogen and oxygen atoms in total. The van der Waals surface area contributed by atoms with E-state index in [1.165, 1.54) is 12.1 Å². The summed E-state index contributed by atoms with van der Waals surface area (Å²) < 4.78 is 24.9. The van der Waals surface area contributed by atoms with Crippen molar-refractivity contribution in [3.05, 3.63) is 68.8 Å². The Kier molecular flexibility index (Phi) is 4.70. The minimum atomic E-state index is -3.72. The summed E-state index contributed by atoms with van der Waals surface area (Å²) in [5, 5.41) is 11.0. The number of hydrogen-bond donors (Lipinski definition) is 1. The zero-order valence-electron chi connectivity index (χ0n) is 13.4. The van der Waals surface area contributed by atoms with Crippen molar-refractivity contribution in [2.75, 3.05) is 11.0 Å². The first kappa shape index (κ1) is 17.6. The van der Waals surface area contributed by atoms with E-state index < -0.39 is 20.6 Å². The van der Waals surface area contributed by atoms with Crippen LogP contribution in [0.1, 0.15) is 27.0 Å². The van der Waals surface area contributed by atoms with Gasteiger partial charge in [0.05, 0.1) is 11.2 Å². The van der Waals surface area contributed by atoms with Gasteiger partial charge in [0.15, 0.2) is 5.78 Å². The number of hydrogen-bond acceptors (Lipinski definition) is 5. The predicted molar refractivity (Wildman–Crippen MR) is 90.9 cm³/mol. The Morgan fingerprint density at radius 1 is 1.04 bits per heavy atom. The molecule has 2 aromatic rings. The third-order valence-electron chi connectivity index (χ3n) is 3.52. The minimum absolute atomic E-state index is 0.162. The van der Waals surface area contributed by atoms with E-state index in [9.17, 15) is 23.3 Å². The fourth-order valence-corrected chi connectivity index (χ4v) is 2.73. The van der Waals surface area contributed by atoms with E-state index in [2.05, 4.69) is 4.72 Å². The van der Waals surface area contributed by atoms with E-state index in [0.29, 0.717) is 5.56 Å². The molecule has 0 bridgehead atoms. The number of sulfonamides is 1. The van der Waals surface area contributed by atoms with Crippen molar-refractivity contribution in [1.29, 1.82) is 0 Å². The highest BCUT2D eigenvalue weighted by Crippen LogP contribution is 2.27. The number of rotatable bonds is 5. The monoisotopic (exact) mass is 348 g/mol. The van der Waals surface area contributed by atoms with E-state index in [1.54, 1.807) is 12.1 Å². The molecule has 0 saturated carbocycles. The van der Waals surface area contributed by atoms with Crippen LogP contribution in [-0.4, -0.2) is 25.4 Å². The average molecular weight is 348 g/mol. The second-order valence-corrected chi connectivity index (χ2v) is 7.24. The van der Waals surface area contributed by atoms with Gasteiger partial charge in [0.2, 0.25) is 10.0 Å². The summed E-state index contributed by atoms with van der Waals surface area (Å²) in [4.78, 5) is 22.9. The molecule has 0 amide bonds. The maximum Gasteiger partial charge on any atom is 0.293 e. The van der Waals surface area contributed by atoms with Crippen LogP contribution in [0.15, 0.2) is 36.4 Å². The Labute approximate surface area is 139 Å². The molecule has 0 heterocycles. The molecule has 8 heteroatoms.